The van der Waals surface area contributed by atoms with Gasteiger partial charge < -0.3 is 15.7 Å². The Hall–Kier alpha value is -0.400. The van der Waals surface area contributed by atoms with Gasteiger partial charge in [0.1, 0.15) is 0 Å². The number of rotatable bonds is 9. The fraction of sp³-hybridized carbons (Fsp3) is 0.800. The van der Waals surface area contributed by atoms with Crippen molar-refractivity contribution in [1.82, 2.24) is 10.6 Å². The summed E-state index contributed by atoms with van der Waals surface area (Å²) in [4.78, 5) is 21.5. The Balaban J connectivity index is 3.12. The highest BCUT2D eigenvalue weighted by Crippen LogP contribution is 2.01. The second-order valence-electron chi connectivity index (χ2n) is 3.43. The van der Waals surface area contributed by atoms with Crippen LogP contribution in [0.1, 0.15) is 25.7 Å². The van der Waals surface area contributed by atoms with Crippen molar-refractivity contribution < 1.29 is 14.7 Å². The molecule has 0 bridgehead atoms. The zero-order valence-electron chi connectivity index (χ0n) is 9.78. The molecule has 7 heteroatoms. The van der Waals surface area contributed by atoms with Crippen molar-refractivity contribution in [2.24, 2.45) is 0 Å². The first-order valence-electron chi connectivity index (χ1n) is 5.65. The number of amides is 2. The molecular weight excluding hydrogens is 260 g/mol. The molecule has 0 saturated carbocycles. The summed E-state index contributed by atoms with van der Waals surface area (Å²) < 4.78 is 0. The van der Waals surface area contributed by atoms with Crippen LogP contribution in [0.15, 0.2) is 0 Å². The van der Waals surface area contributed by atoms with Crippen LogP contribution >= 0.6 is 24.4 Å². The van der Waals surface area contributed by atoms with Crippen LogP contribution in [0.4, 0.5) is 9.59 Å². The van der Waals surface area contributed by atoms with Gasteiger partial charge in [0.2, 0.25) is 0 Å². The molecule has 0 rings (SSSR count). The number of hydrogen-bond acceptors (Lipinski definition) is 4. The number of thioether (sulfide) groups is 1. The molecule has 2 amide bonds. The third kappa shape index (κ3) is 13.5. The zero-order valence-corrected chi connectivity index (χ0v) is 11.5. The van der Waals surface area contributed by atoms with Gasteiger partial charge in [-0.3, -0.25) is 9.59 Å². The molecule has 0 aliphatic heterocycles. The topological polar surface area (TPSA) is 78.4 Å². The Morgan fingerprint density at radius 2 is 1.65 bits per heavy atom. The van der Waals surface area contributed by atoms with Gasteiger partial charge in [0, 0.05) is 18.8 Å². The number of aliphatic hydroxyl groups excluding tert-OH is 1. The van der Waals surface area contributed by atoms with Crippen molar-refractivity contribution in [1.29, 1.82) is 0 Å². The quantitative estimate of drug-likeness (QED) is 0.382. The second kappa shape index (κ2) is 12.1. The van der Waals surface area contributed by atoms with Crippen molar-refractivity contribution in [3.63, 3.8) is 0 Å². The van der Waals surface area contributed by atoms with E-state index in [1.54, 1.807) is 0 Å². The molecule has 0 radical (unpaired) electrons. The summed E-state index contributed by atoms with van der Waals surface area (Å²) >= 11 is 4.68. The predicted molar refractivity (Wildman–Crippen MR) is 73.8 cm³/mol. The fourth-order valence-corrected chi connectivity index (χ4v) is 1.77. The van der Waals surface area contributed by atoms with Crippen molar-refractivity contribution >= 4 is 34.9 Å². The molecular formula is C10H20N2O3S2. The summed E-state index contributed by atoms with van der Waals surface area (Å²) in [5, 5.41) is 13.5. The SMILES string of the molecule is O=C(S)NCCCCCCNC(=O)SCCO. The molecule has 5 nitrogen and oxygen atoms in total. The molecule has 0 aliphatic carbocycles. The molecule has 17 heavy (non-hydrogen) atoms. The molecule has 0 heterocycles. The minimum absolute atomic E-state index is 0.0228. The molecule has 0 saturated heterocycles. The third-order valence-electron chi connectivity index (χ3n) is 1.97. The van der Waals surface area contributed by atoms with Crippen LogP contribution in [0.3, 0.4) is 0 Å². The second-order valence-corrected chi connectivity index (χ2v) is 4.91. The molecule has 0 unspecified atom stereocenters. The van der Waals surface area contributed by atoms with E-state index in [-0.39, 0.29) is 17.1 Å². The molecule has 100 valence electrons. The minimum Gasteiger partial charge on any atom is -0.396 e. The third-order valence-corrected chi connectivity index (χ3v) is 2.92. The lowest BCUT2D eigenvalue weighted by molar-refractivity contribution is 0.259. The van der Waals surface area contributed by atoms with Crippen LogP contribution in [0.25, 0.3) is 0 Å². The lowest BCUT2D eigenvalue weighted by Crippen LogP contribution is -2.20. The Bertz CT molecular complexity index is 228. The largest absolute Gasteiger partial charge is 0.396 e. The Morgan fingerprint density at radius 3 is 2.18 bits per heavy atom. The van der Waals surface area contributed by atoms with E-state index in [0.717, 1.165) is 37.4 Å². The van der Waals surface area contributed by atoms with Gasteiger partial charge in [-0.2, -0.15) is 0 Å². The number of hydrogen-bond donors (Lipinski definition) is 4. The lowest BCUT2D eigenvalue weighted by atomic mass is 10.2. The molecule has 0 spiro atoms. The zero-order chi connectivity index (χ0) is 12.9. The first kappa shape index (κ1) is 16.6. The van der Waals surface area contributed by atoms with E-state index >= 15 is 0 Å². The van der Waals surface area contributed by atoms with Crippen LogP contribution in [0, 0.1) is 0 Å². The van der Waals surface area contributed by atoms with Crippen LogP contribution < -0.4 is 10.6 Å². The normalized spacial score (nSPS) is 10.0. The molecule has 0 fully saturated rings. The predicted octanol–water partition coefficient (Wildman–Crippen LogP) is 1.62. The molecule has 0 aromatic rings. The molecule has 0 atom stereocenters. The van der Waals surface area contributed by atoms with Crippen molar-refractivity contribution in [3.05, 3.63) is 0 Å². The van der Waals surface area contributed by atoms with Gasteiger partial charge in [0.15, 0.2) is 0 Å². The van der Waals surface area contributed by atoms with Gasteiger partial charge in [-0.25, -0.2) is 0 Å². The highest BCUT2D eigenvalue weighted by molar-refractivity contribution is 8.13. The Labute approximate surface area is 112 Å². The number of unbranched alkanes of at least 4 members (excludes halogenated alkanes) is 3. The van der Waals surface area contributed by atoms with Crippen LogP contribution in [0.5, 0.6) is 0 Å². The first-order valence-corrected chi connectivity index (χ1v) is 7.08. The molecule has 0 aromatic heterocycles. The highest BCUT2D eigenvalue weighted by Gasteiger charge is 1.99. The van der Waals surface area contributed by atoms with Crippen molar-refractivity contribution in [3.8, 4) is 0 Å². The van der Waals surface area contributed by atoms with E-state index in [2.05, 4.69) is 23.3 Å². The van der Waals surface area contributed by atoms with E-state index in [1.807, 2.05) is 0 Å². The number of carbonyl (C=O) groups excluding carboxylic acids is 2. The van der Waals surface area contributed by atoms with E-state index < -0.39 is 0 Å². The molecule has 0 aromatic carbocycles. The maximum absolute atomic E-state index is 11.1. The van der Waals surface area contributed by atoms with Crippen LogP contribution in [-0.4, -0.2) is 41.0 Å². The maximum Gasteiger partial charge on any atom is 0.279 e. The number of aliphatic hydroxyl groups is 1. The van der Waals surface area contributed by atoms with Gasteiger partial charge >= 0.3 is 0 Å². The summed E-state index contributed by atoms with van der Waals surface area (Å²) in [5.41, 5.74) is 0. The smallest absolute Gasteiger partial charge is 0.279 e. The monoisotopic (exact) mass is 280 g/mol. The summed E-state index contributed by atoms with van der Waals surface area (Å²) in [5.74, 6) is 0.440. The van der Waals surface area contributed by atoms with Gasteiger partial charge in [-0.1, -0.05) is 37.2 Å². The summed E-state index contributed by atoms with van der Waals surface area (Å²) in [6, 6.07) is 0. The summed E-state index contributed by atoms with van der Waals surface area (Å²) in [6.45, 7) is 1.34. The van der Waals surface area contributed by atoms with Gasteiger partial charge in [0.05, 0.1) is 6.61 Å². The van der Waals surface area contributed by atoms with Crippen molar-refractivity contribution in [2.45, 2.75) is 25.7 Å². The molecule has 3 N–H and O–H groups in total. The van der Waals surface area contributed by atoms with E-state index in [4.69, 9.17) is 5.11 Å². The highest BCUT2D eigenvalue weighted by atomic mass is 32.2. The molecule has 0 aliphatic rings. The first-order chi connectivity index (χ1) is 8.16. The Morgan fingerprint density at radius 1 is 1.06 bits per heavy atom. The summed E-state index contributed by atoms with van der Waals surface area (Å²) in [7, 11) is 0. The van der Waals surface area contributed by atoms with E-state index in [0.29, 0.717) is 18.8 Å². The van der Waals surface area contributed by atoms with Crippen LogP contribution in [0.2, 0.25) is 0 Å². The number of thiol groups is 1. The average molecular weight is 280 g/mol. The number of carbonyl (C=O) groups is 2. The van der Waals surface area contributed by atoms with Crippen molar-refractivity contribution in [2.75, 3.05) is 25.4 Å². The fourth-order valence-electron chi connectivity index (χ4n) is 1.18. The minimum atomic E-state index is -0.293. The van der Waals surface area contributed by atoms with Gasteiger partial charge in [-0.15, -0.1) is 0 Å². The average Bonchev–Trinajstić information content (AvgIpc) is 2.29. The summed E-state index contributed by atoms with van der Waals surface area (Å²) in [6.07, 6.45) is 3.90. The standard InChI is InChI=1S/C10H20N2O3S2/c13-7-8-17-10(15)12-6-4-2-1-3-5-11-9(14)16/h13H,1-8H2,(H,12,15)(H2,11,14,16). The maximum atomic E-state index is 11.1. The lowest BCUT2D eigenvalue weighted by Gasteiger charge is -2.04. The van der Waals surface area contributed by atoms with Gasteiger partial charge in [-0.05, 0) is 12.8 Å². The van der Waals surface area contributed by atoms with E-state index in [1.165, 1.54) is 0 Å². The van der Waals surface area contributed by atoms with Crippen LogP contribution in [-0.2, 0) is 0 Å². The Kier molecular flexibility index (Phi) is 11.8. The number of nitrogens with one attached hydrogen (secondary N) is 2. The van der Waals surface area contributed by atoms with Gasteiger partial charge in [0.25, 0.3) is 10.5 Å². The van der Waals surface area contributed by atoms with E-state index in [9.17, 15) is 9.59 Å².